The molecule has 2 aliphatic heterocycles. The van der Waals surface area contributed by atoms with Gasteiger partial charge >= 0.3 is 0 Å². The Bertz CT molecular complexity index is 941. The predicted octanol–water partition coefficient (Wildman–Crippen LogP) is 5.79. The number of hydrogen-bond acceptors (Lipinski definition) is 4. The van der Waals surface area contributed by atoms with Gasteiger partial charge in [0.05, 0.1) is 18.0 Å². The fourth-order valence-corrected chi connectivity index (χ4v) is 4.75. The van der Waals surface area contributed by atoms with Gasteiger partial charge in [0.2, 0.25) is 0 Å². The maximum absolute atomic E-state index is 14.8. The Hall–Kier alpha value is -2.47. The fourth-order valence-electron chi connectivity index (χ4n) is 4.75. The average Bonchev–Trinajstić information content (AvgIpc) is 3.32. The molecule has 4 nitrogen and oxygen atoms in total. The number of nitrogens with zero attached hydrogens (tertiary/aromatic N) is 3. The minimum absolute atomic E-state index is 0.319. The number of hydrogen-bond donors (Lipinski definition) is 0. The molecule has 0 spiro atoms. The van der Waals surface area contributed by atoms with E-state index in [1.54, 1.807) is 26.1 Å². The van der Waals surface area contributed by atoms with Crippen molar-refractivity contribution in [2.45, 2.75) is 45.2 Å². The van der Waals surface area contributed by atoms with Gasteiger partial charge in [0.15, 0.2) is 0 Å². The van der Waals surface area contributed by atoms with Crippen molar-refractivity contribution in [2.24, 2.45) is 5.92 Å². The van der Waals surface area contributed by atoms with Crippen LogP contribution in [0.4, 0.5) is 8.78 Å². The molecule has 2 saturated heterocycles. The highest BCUT2D eigenvalue weighted by Crippen LogP contribution is 2.29. The van der Waals surface area contributed by atoms with E-state index in [0.717, 1.165) is 56.0 Å². The molecule has 0 unspecified atom stereocenters. The third-order valence-electron chi connectivity index (χ3n) is 6.59. The van der Waals surface area contributed by atoms with Crippen LogP contribution < -0.4 is 4.74 Å². The lowest BCUT2D eigenvalue weighted by Gasteiger charge is -2.34. The summed E-state index contributed by atoms with van der Waals surface area (Å²) in [7, 11) is 0. The highest BCUT2D eigenvalue weighted by Gasteiger charge is 2.25. The number of halogens is 2. The van der Waals surface area contributed by atoms with E-state index in [0.29, 0.717) is 30.4 Å². The second-order valence-electron chi connectivity index (χ2n) is 9.96. The van der Waals surface area contributed by atoms with Gasteiger partial charge < -0.3 is 14.5 Å². The monoisotopic (exact) mass is 455 g/mol. The fraction of sp³-hybridized carbons (Fsp3) is 0.519. The number of ether oxygens (including phenoxy) is 1. The summed E-state index contributed by atoms with van der Waals surface area (Å²) < 4.78 is 34.6. The first-order valence-corrected chi connectivity index (χ1v) is 12.0. The molecule has 33 heavy (non-hydrogen) atoms. The molecule has 0 aliphatic carbocycles. The smallest absolute Gasteiger partial charge is 0.134 e. The Labute approximate surface area is 196 Å². The van der Waals surface area contributed by atoms with Crippen molar-refractivity contribution in [3.63, 3.8) is 0 Å². The minimum Gasteiger partial charge on any atom is -0.493 e. The van der Waals surface area contributed by atoms with E-state index in [-0.39, 0.29) is 5.82 Å². The molecule has 2 fully saturated rings. The van der Waals surface area contributed by atoms with Crippen molar-refractivity contribution in [3.05, 3.63) is 54.6 Å². The third-order valence-corrected chi connectivity index (χ3v) is 6.59. The van der Waals surface area contributed by atoms with E-state index in [9.17, 15) is 8.78 Å². The second kappa shape index (κ2) is 10.2. The van der Waals surface area contributed by atoms with E-state index in [1.165, 1.54) is 18.9 Å². The Morgan fingerprint density at radius 2 is 1.85 bits per heavy atom. The Morgan fingerprint density at radius 3 is 2.45 bits per heavy atom. The number of aromatic nitrogens is 1. The SMILES string of the molecule is C=C(c1ccc(-c2ccc(OCC3CCN(CC(C)(C)F)CC3)cc2F)cn1)N1CCCC1. The van der Waals surface area contributed by atoms with Gasteiger partial charge in [0, 0.05) is 43.0 Å². The van der Waals surface area contributed by atoms with E-state index in [4.69, 9.17) is 4.74 Å². The van der Waals surface area contributed by atoms with Gasteiger partial charge in [-0.25, -0.2) is 8.78 Å². The molecule has 178 valence electrons. The molecular formula is C27H35F2N3O. The van der Waals surface area contributed by atoms with Crippen LogP contribution in [-0.2, 0) is 0 Å². The summed E-state index contributed by atoms with van der Waals surface area (Å²) in [5.74, 6) is 0.628. The molecule has 1 aromatic carbocycles. The molecule has 0 amide bonds. The Kier molecular flexibility index (Phi) is 7.32. The molecule has 6 heteroatoms. The molecule has 0 saturated carbocycles. The van der Waals surface area contributed by atoms with Gasteiger partial charge in [-0.15, -0.1) is 0 Å². The van der Waals surface area contributed by atoms with Crippen LogP contribution in [-0.4, -0.2) is 59.8 Å². The van der Waals surface area contributed by atoms with Crippen molar-refractivity contribution >= 4 is 5.70 Å². The molecule has 0 radical (unpaired) electrons. The topological polar surface area (TPSA) is 28.6 Å². The molecule has 1 aromatic heterocycles. The van der Waals surface area contributed by atoms with Crippen molar-refractivity contribution in [1.82, 2.24) is 14.8 Å². The molecule has 2 aliphatic rings. The first-order chi connectivity index (χ1) is 15.8. The summed E-state index contributed by atoms with van der Waals surface area (Å²) in [5, 5.41) is 0. The zero-order valence-electron chi connectivity index (χ0n) is 19.8. The lowest BCUT2D eigenvalue weighted by atomic mass is 9.97. The number of pyridine rings is 1. The third kappa shape index (κ3) is 6.32. The summed E-state index contributed by atoms with van der Waals surface area (Å²) in [6.45, 7) is 12.2. The van der Waals surface area contributed by atoms with Crippen LogP contribution in [0, 0.1) is 11.7 Å². The van der Waals surface area contributed by atoms with Crippen molar-refractivity contribution < 1.29 is 13.5 Å². The lowest BCUT2D eigenvalue weighted by Crippen LogP contribution is -2.41. The first-order valence-electron chi connectivity index (χ1n) is 12.0. The summed E-state index contributed by atoms with van der Waals surface area (Å²) >= 11 is 0. The number of rotatable bonds is 8. The molecule has 0 N–H and O–H groups in total. The van der Waals surface area contributed by atoms with Gasteiger partial charge in [-0.3, -0.25) is 4.98 Å². The number of benzene rings is 1. The first kappa shape index (κ1) is 23.7. The molecule has 4 rings (SSSR count). The van der Waals surface area contributed by atoms with Crippen molar-refractivity contribution in [1.29, 1.82) is 0 Å². The van der Waals surface area contributed by atoms with Crippen LogP contribution in [0.25, 0.3) is 16.8 Å². The minimum atomic E-state index is -1.17. The zero-order chi connectivity index (χ0) is 23.4. The summed E-state index contributed by atoms with van der Waals surface area (Å²) in [6, 6.07) is 8.83. The normalized spacial score (nSPS) is 18.0. The van der Waals surface area contributed by atoms with Gasteiger partial charge in [0.1, 0.15) is 17.2 Å². The summed E-state index contributed by atoms with van der Waals surface area (Å²) in [5.41, 5.74) is 1.85. The molecule has 0 atom stereocenters. The van der Waals surface area contributed by atoms with Gasteiger partial charge in [0.25, 0.3) is 0 Å². The molecule has 2 aromatic rings. The van der Waals surface area contributed by atoms with Crippen LogP contribution >= 0.6 is 0 Å². The number of piperidine rings is 1. The standard InChI is InChI=1S/C27H35F2N3O/c1-20(32-12-4-5-13-32)26-9-6-22(17-30-26)24-8-7-23(16-25(24)28)33-18-21-10-14-31(15-11-21)19-27(2,3)29/h6-9,16-17,21H,1,4-5,10-15,18-19H2,2-3H3. The van der Waals surface area contributed by atoms with E-state index in [1.807, 2.05) is 18.2 Å². The van der Waals surface area contributed by atoms with Gasteiger partial charge in [-0.2, -0.15) is 0 Å². The quantitative estimate of drug-likeness (QED) is 0.504. The van der Waals surface area contributed by atoms with E-state index >= 15 is 0 Å². The van der Waals surface area contributed by atoms with E-state index in [2.05, 4.69) is 21.4 Å². The predicted molar refractivity (Wildman–Crippen MR) is 129 cm³/mol. The van der Waals surface area contributed by atoms with E-state index < -0.39 is 5.67 Å². The average molecular weight is 456 g/mol. The maximum Gasteiger partial charge on any atom is 0.134 e. The van der Waals surface area contributed by atoms with Crippen LogP contribution in [0.2, 0.25) is 0 Å². The molecule has 0 bridgehead atoms. The van der Waals surface area contributed by atoms with Gasteiger partial charge in [-0.1, -0.05) is 12.6 Å². The largest absolute Gasteiger partial charge is 0.493 e. The highest BCUT2D eigenvalue weighted by molar-refractivity contribution is 5.67. The van der Waals surface area contributed by atoms with Crippen LogP contribution in [0.5, 0.6) is 5.75 Å². The van der Waals surface area contributed by atoms with Gasteiger partial charge in [-0.05, 0) is 76.7 Å². The van der Waals surface area contributed by atoms with Crippen LogP contribution in [0.15, 0.2) is 43.1 Å². The lowest BCUT2D eigenvalue weighted by molar-refractivity contribution is 0.0836. The second-order valence-corrected chi connectivity index (χ2v) is 9.96. The van der Waals surface area contributed by atoms with Crippen LogP contribution in [0.3, 0.4) is 0 Å². The van der Waals surface area contributed by atoms with Crippen molar-refractivity contribution in [2.75, 3.05) is 39.3 Å². The molecular weight excluding hydrogens is 420 g/mol. The Morgan fingerprint density at radius 1 is 1.12 bits per heavy atom. The number of alkyl halides is 1. The summed E-state index contributed by atoms with van der Waals surface area (Å²) in [6.07, 6.45) is 6.03. The number of likely N-dealkylation sites (tertiary alicyclic amines) is 2. The zero-order valence-corrected chi connectivity index (χ0v) is 19.8. The summed E-state index contributed by atoms with van der Waals surface area (Å²) in [4.78, 5) is 8.94. The molecule has 3 heterocycles. The maximum atomic E-state index is 14.8. The highest BCUT2D eigenvalue weighted by atomic mass is 19.1. The Balaban J connectivity index is 1.31. The van der Waals surface area contributed by atoms with Crippen molar-refractivity contribution in [3.8, 4) is 16.9 Å². The van der Waals surface area contributed by atoms with Crippen LogP contribution in [0.1, 0.15) is 45.2 Å².